The van der Waals surface area contributed by atoms with E-state index in [4.69, 9.17) is 5.73 Å². The van der Waals surface area contributed by atoms with Crippen LogP contribution in [0.5, 0.6) is 0 Å². The zero-order chi connectivity index (χ0) is 21.1. The summed E-state index contributed by atoms with van der Waals surface area (Å²) >= 11 is 0. The lowest BCUT2D eigenvalue weighted by Gasteiger charge is -2.32. The fourth-order valence-corrected chi connectivity index (χ4v) is 4.06. The lowest BCUT2D eigenvalue weighted by molar-refractivity contribution is 0.175. The minimum atomic E-state index is -0.686. The number of aliphatic hydroxyl groups is 2. The molecule has 1 heterocycles. The molecule has 2 aromatic carbocycles. The number of hydrogen-bond donors (Lipinski definition) is 3. The molecule has 0 spiro atoms. The first-order valence-electron chi connectivity index (χ1n) is 10.5. The zero-order valence-electron chi connectivity index (χ0n) is 17.2. The van der Waals surface area contributed by atoms with Gasteiger partial charge in [0.25, 0.3) is 0 Å². The van der Waals surface area contributed by atoms with E-state index in [1.807, 2.05) is 12.2 Å². The number of nitrogens with two attached hydrogens (primary N) is 1. The molecule has 2 atom stereocenters. The van der Waals surface area contributed by atoms with Crippen molar-refractivity contribution in [3.63, 3.8) is 0 Å². The Morgan fingerprint density at radius 2 is 1.73 bits per heavy atom. The number of benzene rings is 2. The van der Waals surface area contributed by atoms with Gasteiger partial charge >= 0.3 is 0 Å². The molecule has 3 aromatic rings. The van der Waals surface area contributed by atoms with Crippen LogP contribution < -0.4 is 5.73 Å². The highest BCUT2D eigenvalue weighted by molar-refractivity contribution is 5.66. The largest absolute Gasteiger partial charge is 0.394 e. The summed E-state index contributed by atoms with van der Waals surface area (Å²) in [6, 6.07) is 17.3. The van der Waals surface area contributed by atoms with Crippen LogP contribution in [0.3, 0.4) is 0 Å². The highest BCUT2D eigenvalue weighted by atomic mass is 16.3. The zero-order valence-corrected chi connectivity index (χ0v) is 17.2. The second-order valence-electron chi connectivity index (χ2n) is 8.15. The van der Waals surface area contributed by atoms with E-state index in [1.165, 1.54) is 16.7 Å². The van der Waals surface area contributed by atoms with Crippen molar-refractivity contribution in [2.24, 2.45) is 5.73 Å². The van der Waals surface area contributed by atoms with Crippen LogP contribution in [0.25, 0.3) is 17.2 Å². The first-order chi connectivity index (χ1) is 14.5. The Morgan fingerprint density at radius 3 is 2.30 bits per heavy atom. The maximum atomic E-state index is 9.84. The van der Waals surface area contributed by atoms with Crippen molar-refractivity contribution in [2.45, 2.75) is 43.9 Å². The van der Waals surface area contributed by atoms with Gasteiger partial charge in [0.1, 0.15) is 11.9 Å². The molecule has 5 nitrogen and oxygen atoms in total. The fraction of sp³-hybridized carbons (Fsp3) is 0.320. The molecule has 4 N–H and O–H groups in total. The van der Waals surface area contributed by atoms with Crippen molar-refractivity contribution in [1.29, 1.82) is 0 Å². The smallest absolute Gasteiger partial charge is 0.137 e. The molecule has 1 saturated carbocycles. The van der Waals surface area contributed by atoms with Gasteiger partial charge in [-0.25, -0.2) is 4.98 Å². The second-order valence-corrected chi connectivity index (χ2v) is 8.15. The third-order valence-corrected chi connectivity index (χ3v) is 5.93. The van der Waals surface area contributed by atoms with E-state index in [2.05, 4.69) is 53.5 Å². The molecule has 156 valence electrons. The fourth-order valence-electron chi connectivity index (χ4n) is 4.06. The molecular weight excluding hydrogens is 374 g/mol. The van der Waals surface area contributed by atoms with Gasteiger partial charge in [0, 0.05) is 18.4 Å². The first-order valence-corrected chi connectivity index (χ1v) is 10.5. The Morgan fingerprint density at radius 1 is 1.10 bits per heavy atom. The minimum Gasteiger partial charge on any atom is -0.394 e. The number of imidazole rings is 1. The molecule has 4 rings (SSSR count). The quantitative estimate of drug-likeness (QED) is 0.556. The van der Waals surface area contributed by atoms with E-state index >= 15 is 0 Å². The van der Waals surface area contributed by atoms with Crippen LogP contribution >= 0.6 is 0 Å². The molecule has 0 saturated heterocycles. The molecule has 1 unspecified atom stereocenters. The van der Waals surface area contributed by atoms with Crippen LogP contribution in [0.15, 0.2) is 67.0 Å². The number of rotatable bonds is 7. The highest BCUT2D eigenvalue weighted by Gasteiger charge is 2.26. The molecule has 0 amide bonds. The van der Waals surface area contributed by atoms with Crippen LogP contribution in [0.2, 0.25) is 0 Å². The molecule has 5 heteroatoms. The molecule has 0 bridgehead atoms. The summed E-state index contributed by atoms with van der Waals surface area (Å²) in [6.07, 6.45) is 8.82. The minimum absolute atomic E-state index is 0.0666. The van der Waals surface area contributed by atoms with Gasteiger partial charge < -0.3 is 20.5 Å². The van der Waals surface area contributed by atoms with E-state index in [1.54, 1.807) is 23.9 Å². The van der Waals surface area contributed by atoms with Gasteiger partial charge in [-0.2, -0.15) is 0 Å². The summed E-state index contributed by atoms with van der Waals surface area (Å²) in [5.74, 6) is 1.16. The van der Waals surface area contributed by atoms with Crippen molar-refractivity contribution in [2.75, 3.05) is 6.61 Å². The lowest BCUT2D eigenvalue weighted by Crippen LogP contribution is -2.34. The van der Waals surface area contributed by atoms with Crippen molar-refractivity contribution in [1.82, 2.24) is 9.55 Å². The Bertz CT molecular complexity index is 984. The average Bonchev–Trinajstić information content (AvgIpc) is 3.23. The SMILES string of the molecule is C[C@H](O)c1nccn1C(/C=C/c1ccc(-c2ccc(C3CC(N)C3)cc2)cc1)CO. The van der Waals surface area contributed by atoms with Gasteiger partial charge in [-0.05, 0) is 47.9 Å². The van der Waals surface area contributed by atoms with Crippen LogP contribution in [-0.2, 0) is 0 Å². The predicted octanol–water partition coefficient (Wildman–Crippen LogP) is 4.05. The maximum Gasteiger partial charge on any atom is 0.137 e. The topological polar surface area (TPSA) is 84.3 Å². The number of nitrogens with zero attached hydrogens (tertiary/aromatic N) is 2. The number of aromatic nitrogens is 2. The normalized spacial score (nSPS) is 20.8. The van der Waals surface area contributed by atoms with Gasteiger partial charge in [0.05, 0.1) is 12.6 Å². The third-order valence-electron chi connectivity index (χ3n) is 5.93. The van der Waals surface area contributed by atoms with Gasteiger partial charge in [-0.3, -0.25) is 0 Å². The summed E-state index contributed by atoms with van der Waals surface area (Å²) in [5, 5.41) is 19.6. The molecular formula is C25H29N3O2. The Labute approximate surface area is 177 Å². The Balaban J connectivity index is 1.44. The molecule has 30 heavy (non-hydrogen) atoms. The predicted molar refractivity (Wildman–Crippen MR) is 120 cm³/mol. The van der Waals surface area contributed by atoms with Gasteiger partial charge in [-0.1, -0.05) is 60.7 Å². The van der Waals surface area contributed by atoms with E-state index in [9.17, 15) is 10.2 Å². The molecule has 0 radical (unpaired) electrons. The monoisotopic (exact) mass is 403 g/mol. The third kappa shape index (κ3) is 4.38. The lowest BCUT2D eigenvalue weighted by atomic mass is 9.76. The second kappa shape index (κ2) is 8.96. The molecule has 1 aliphatic rings. The summed E-state index contributed by atoms with van der Waals surface area (Å²) in [4.78, 5) is 4.18. The standard InChI is InChI=1S/C25H29N3O2/c1-17(30)25-27-12-13-28(25)24(16-29)11-4-18-2-5-19(6-3-18)20-7-9-21(10-8-20)22-14-23(26)15-22/h2-13,17,22-24,29-30H,14-16,26H2,1H3/b11-4+/t17-,22?,23?,24?/m0/s1. The molecule has 1 aromatic heterocycles. The van der Waals surface area contributed by atoms with Gasteiger partial charge in [0.15, 0.2) is 0 Å². The highest BCUT2D eigenvalue weighted by Crippen LogP contribution is 2.36. The molecule has 1 aliphatic carbocycles. The first kappa shape index (κ1) is 20.5. The van der Waals surface area contributed by atoms with Crippen LogP contribution in [0.4, 0.5) is 0 Å². The van der Waals surface area contributed by atoms with Gasteiger partial charge in [-0.15, -0.1) is 0 Å². The van der Waals surface area contributed by atoms with E-state index in [0.29, 0.717) is 17.8 Å². The summed E-state index contributed by atoms with van der Waals surface area (Å²) in [7, 11) is 0. The van der Waals surface area contributed by atoms with E-state index < -0.39 is 6.10 Å². The van der Waals surface area contributed by atoms with Crippen molar-refractivity contribution < 1.29 is 10.2 Å². The van der Waals surface area contributed by atoms with E-state index in [0.717, 1.165) is 18.4 Å². The van der Waals surface area contributed by atoms with Crippen molar-refractivity contribution >= 4 is 6.08 Å². The number of aliphatic hydroxyl groups excluding tert-OH is 2. The molecule has 1 fully saturated rings. The number of hydrogen-bond acceptors (Lipinski definition) is 4. The van der Waals surface area contributed by atoms with Crippen LogP contribution in [0, 0.1) is 0 Å². The average molecular weight is 404 g/mol. The van der Waals surface area contributed by atoms with Crippen LogP contribution in [-0.4, -0.2) is 32.4 Å². The molecule has 0 aliphatic heterocycles. The summed E-state index contributed by atoms with van der Waals surface area (Å²) < 4.78 is 1.80. The Hall–Kier alpha value is -2.73. The Kier molecular flexibility index (Phi) is 6.13. The maximum absolute atomic E-state index is 9.84. The van der Waals surface area contributed by atoms with Crippen molar-refractivity contribution in [3.05, 3.63) is 84.0 Å². The van der Waals surface area contributed by atoms with Gasteiger partial charge in [0.2, 0.25) is 0 Å². The summed E-state index contributed by atoms with van der Waals surface area (Å²) in [6.45, 7) is 1.60. The van der Waals surface area contributed by atoms with Crippen LogP contribution in [0.1, 0.15) is 54.8 Å². The van der Waals surface area contributed by atoms with Crippen molar-refractivity contribution in [3.8, 4) is 11.1 Å². The van der Waals surface area contributed by atoms with E-state index in [-0.39, 0.29) is 12.6 Å². The summed E-state index contributed by atoms with van der Waals surface area (Å²) in [5.41, 5.74) is 10.7.